The Labute approximate surface area is 100 Å². The maximum Gasteiger partial charge on any atom is 0.133 e. The number of aromatic nitrogens is 2. The van der Waals surface area contributed by atoms with E-state index in [9.17, 15) is 5.11 Å². The zero-order valence-corrected chi connectivity index (χ0v) is 9.81. The van der Waals surface area contributed by atoms with Crippen molar-refractivity contribution in [3.05, 3.63) is 41.9 Å². The molecule has 0 amide bonds. The van der Waals surface area contributed by atoms with E-state index in [2.05, 4.69) is 9.97 Å². The first-order valence-electron chi connectivity index (χ1n) is 5.67. The number of benzene rings is 1. The van der Waals surface area contributed by atoms with Crippen LogP contribution in [0.2, 0.25) is 0 Å². The molecule has 2 N–H and O–H groups in total. The highest BCUT2D eigenvalue weighted by molar-refractivity contribution is 5.61. The molecule has 2 aromatic rings. The van der Waals surface area contributed by atoms with Crippen molar-refractivity contribution in [3.63, 3.8) is 0 Å². The molecule has 0 aliphatic heterocycles. The van der Waals surface area contributed by atoms with Crippen LogP contribution >= 0.6 is 0 Å². The summed E-state index contributed by atoms with van der Waals surface area (Å²) in [5, 5.41) is 9.31. The van der Waals surface area contributed by atoms with Crippen LogP contribution in [0.3, 0.4) is 0 Å². The van der Waals surface area contributed by atoms with E-state index in [1.54, 1.807) is 0 Å². The van der Waals surface area contributed by atoms with Crippen molar-refractivity contribution in [2.24, 2.45) is 0 Å². The zero-order valence-electron chi connectivity index (χ0n) is 9.81. The SMILES string of the molecule is CCOCc1nc(-c2ccccc2)c(CO)[nH]1. The summed E-state index contributed by atoms with van der Waals surface area (Å²) in [5.74, 6) is 0.745. The van der Waals surface area contributed by atoms with Crippen LogP contribution in [-0.4, -0.2) is 21.7 Å². The average molecular weight is 232 g/mol. The van der Waals surface area contributed by atoms with Crippen LogP contribution in [0.15, 0.2) is 30.3 Å². The van der Waals surface area contributed by atoms with Gasteiger partial charge in [-0.2, -0.15) is 0 Å². The minimum atomic E-state index is -0.0522. The van der Waals surface area contributed by atoms with E-state index in [-0.39, 0.29) is 6.61 Å². The maximum absolute atomic E-state index is 9.31. The van der Waals surface area contributed by atoms with Crippen LogP contribution in [0.25, 0.3) is 11.3 Å². The first-order chi connectivity index (χ1) is 8.35. The molecule has 4 nitrogen and oxygen atoms in total. The summed E-state index contributed by atoms with van der Waals surface area (Å²) in [6.45, 7) is 2.98. The van der Waals surface area contributed by atoms with Gasteiger partial charge in [0.2, 0.25) is 0 Å². The van der Waals surface area contributed by atoms with Gasteiger partial charge in [0.25, 0.3) is 0 Å². The number of aliphatic hydroxyl groups is 1. The van der Waals surface area contributed by atoms with E-state index >= 15 is 0 Å². The largest absolute Gasteiger partial charge is 0.390 e. The van der Waals surface area contributed by atoms with Crippen LogP contribution in [0.5, 0.6) is 0 Å². The van der Waals surface area contributed by atoms with Crippen molar-refractivity contribution < 1.29 is 9.84 Å². The number of hydrogen-bond donors (Lipinski definition) is 2. The minimum absolute atomic E-state index is 0.0522. The van der Waals surface area contributed by atoms with Gasteiger partial charge in [0.15, 0.2) is 0 Å². The lowest BCUT2D eigenvalue weighted by Gasteiger charge is -1.98. The summed E-state index contributed by atoms with van der Waals surface area (Å²) in [6.07, 6.45) is 0. The molecule has 2 rings (SSSR count). The van der Waals surface area contributed by atoms with E-state index in [4.69, 9.17) is 4.74 Å². The third-order valence-electron chi connectivity index (χ3n) is 2.48. The van der Waals surface area contributed by atoms with Crippen LogP contribution in [0.1, 0.15) is 18.4 Å². The smallest absolute Gasteiger partial charge is 0.133 e. The van der Waals surface area contributed by atoms with Crippen molar-refractivity contribution in [2.45, 2.75) is 20.1 Å². The molecule has 4 heteroatoms. The highest BCUT2D eigenvalue weighted by Crippen LogP contribution is 2.21. The monoisotopic (exact) mass is 232 g/mol. The lowest BCUT2D eigenvalue weighted by Crippen LogP contribution is -1.94. The number of ether oxygens (including phenoxy) is 1. The molecule has 0 saturated carbocycles. The van der Waals surface area contributed by atoms with Gasteiger partial charge in [-0.25, -0.2) is 4.98 Å². The molecule has 1 aromatic heterocycles. The first kappa shape index (κ1) is 11.8. The lowest BCUT2D eigenvalue weighted by atomic mass is 10.1. The van der Waals surface area contributed by atoms with Crippen LogP contribution in [0.4, 0.5) is 0 Å². The first-order valence-corrected chi connectivity index (χ1v) is 5.67. The molecule has 0 atom stereocenters. The van der Waals surface area contributed by atoms with Gasteiger partial charge in [-0.15, -0.1) is 0 Å². The standard InChI is InChI=1S/C13H16N2O2/c1-2-17-9-12-14-11(8-16)13(15-12)10-6-4-3-5-7-10/h3-7,16H,2,8-9H2,1H3,(H,14,15). The predicted molar refractivity (Wildman–Crippen MR) is 65.3 cm³/mol. The number of nitrogens with one attached hydrogen (secondary N) is 1. The number of rotatable bonds is 5. The molecular formula is C13H16N2O2. The molecular weight excluding hydrogens is 216 g/mol. The van der Waals surface area contributed by atoms with Gasteiger partial charge >= 0.3 is 0 Å². The molecule has 1 heterocycles. The molecule has 0 aliphatic carbocycles. The van der Waals surface area contributed by atoms with Gasteiger partial charge in [0, 0.05) is 12.2 Å². The highest BCUT2D eigenvalue weighted by Gasteiger charge is 2.10. The van der Waals surface area contributed by atoms with Crippen molar-refractivity contribution in [2.75, 3.05) is 6.61 Å². The summed E-state index contributed by atoms with van der Waals surface area (Å²) in [4.78, 5) is 7.53. The number of hydrogen-bond acceptors (Lipinski definition) is 3. The summed E-state index contributed by atoms with van der Waals surface area (Å²) < 4.78 is 5.29. The van der Waals surface area contributed by atoms with E-state index < -0.39 is 0 Å². The van der Waals surface area contributed by atoms with E-state index in [1.807, 2.05) is 37.3 Å². The second kappa shape index (κ2) is 5.61. The normalized spacial score (nSPS) is 10.7. The fourth-order valence-electron chi connectivity index (χ4n) is 1.68. The van der Waals surface area contributed by atoms with Gasteiger partial charge in [-0.3, -0.25) is 0 Å². The minimum Gasteiger partial charge on any atom is -0.390 e. The van der Waals surface area contributed by atoms with Gasteiger partial charge in [-0.05, 0) is 6.92 Å². The van der Waals surface area contributed by atoms with Crippen LogP contribution in [0, 0.1) is 0 Å². The van der Waals surface area contributed by atoms with Gasteiger partial charge in [0.1, 0.15) is 12.4 Å². The average Bonchev–Trinajstić information content (AvgIpc) is 2.80. The molecule has 0 unspecified atom stereocenters. The topological polar surface area (TPSA) is 58.1 Å². The molecule has 0 aliphatic rings. The van der Waals surface area contributed by atoms with Crippen molar-refractivity contribution >= 4 is 0 Å². The zero-order chi connectivity index (χ0) is 12.1. The second-order valence-corrected chi connectivity index (χ2v) is 3.67. The molecule has 90 valence electrons. The van der Waals surface area contributed by atoms with Gasteiger partial charge in [-0.1, -0.05) is 30.3 Å². The van der Waals surface area contributed by atoms with E-state index in [0.29, 0.717) is 13.2 Å². The van der Waals surface area contributed by atoms with Crippen molar-refractivity contribution in [1.29, 1.82) is 0 Å². The highest BCUT2D eigenvalue weighted by atomic mass is 16.5. The van der Waals surface area contributed by atoms with Crippen LogP contribution in [-0.2, 0) is 18.0 Å². The van der Waals surface area contributed by atoms with E-state index in [1.165, 1.54) is 0 Å². The Kier molecular flexibility index (Phi) is 3.90. The third kappa shape index (κ3) is 2.72. The number of aliphatic hydroxyl groups excluding tert-OH is 1. The quantitative estimate of drug-likeness (QED) is 0.830. The number of H-pyrrole nitrogens is 1. The Morgan fingerprint density at radius 1 is 1.29 bits per heavy atom. The maximum atomic E-state index is 9.31. The fraction of sp³-hybridized carbons (Fsp3) is 0.308. The molecule has 0 radical (unpaired) electrons. The predicted octanol–water partition coefficient (Wildman–Crippen LogP) is 2.11. The molecule has 0 saturated heterocycles. The summed E-state index contributed by atoms with van der Waals surface area (Å²) in [7, 11) is 0. The third-order valence-corrected chi connectivity index (χ3v) is 2.48. The van der Waals surface area contributed by atoms with Crippen LogP contribution < -0.4 is 0 Å². The Bertz CT molecular complexity index is 466. The van der Waals surface area contributed by atoms with Crippen molar-refractivity contribution in [3.8, 4) is 11.3 Å². The summed E-state index contributed by atoms with van der Waals surface area (Å²) in [5.41, 5.74) is 2.52. The molecule has 0 bridgehead atoms. The lowest BCUT2D eigenvalue weighted by molar-refractivity contribution is 0.128. The molecule has 17 heavy (non-hydrogen) atoms. The number of nitrogens with zero attached hydrogens (tertiary/aromatic N) is 1. The molecule has 1 aromatic carbocycles. The fourth-order valence-corrected chi connectivity index (χ4v) is 1.68. The Morgan fingerprint density at radius 3 is 2.71 bits per heavy atom. The van der Waals surface area contributed by atoms with E-state index in [0.717, 1.165) is 22.8 Å². The van der Waals surface area contributed by atoms with Crippen molar-refractivity contribution in [1.82, 2.24) is 9.97 Å². The molecule has 0 fully saturated rings. The number of imidazole rings is 1. The molecule has 0 spiro atoms. The van der Waals surface area contributed by atoms with Gasteiger partial charge < -0.3 is 14.8 Å². The number of aromatic amines is 1. The Balaban J connectivity index is 2.30. The summed E-state index contributed by atoms with van der Waals surface area (Å²) in [6, 6.07) is 9.80. The van der Waals surface area contributed by atoms with Gasteiger partial charge in [0.05, 0.1) is 18.0 Å². The summed E-state index contributed by atoms with van der Waals surface area (Å²) >= 11 is 0. The Hall–Kier alpha value is -1.65. The Morgan fingerprint density at radius 2 is 2.06 bits per heavy atom. The second-order valence-electron chi connectivity index (χ2n) is 3.67.